The van der Waals surface area contributed by atoms with Crippen LogP contribution in [0.3, 0.4) is 0 Å². The summed E-state index contributed by atoms with van der Waals surface area (Å²) in [4.78, 5) is 7.15. The van der Waals surface area contributed by atoms with E-state index < -0.39 is 0 Å². The Balaban J connectivity index is 1.58. The van der Waals surface area contributed by atoms with Gasteiger partial charge in [-0.25, -0.2) is 4.98 Å². The minimum atomic E-state index is 0.677. The first-order chi connectivity index (χ1) is 7.81. The average molecular weight is 237 g/mol. The molecule has 0 aromatic carbocycles. The molecule has 2 heterocycles. The molecule has 2 fully saturated rings. The van der Waals surface area contributed by atoms with E-state index >= 15 is 0 Å². The maximum Gasteiger partial charge on any atom is 0.107 e. The molecule has 1 atom stereocenters. The molecule has 1 unspecified atom stereocenters. The van der Waals surface area contributed by atoms with Crippen molar-refractivity contribution >= 4 is 11.3 Å². The van der Waals surface area contributed by atoms with E-state index in [4.69, 9.17) is 4.98 Å². The summed E-state index contributed by atoms with van der Waals surface area (Å²) in [5.41, 5.74) is 1.32. The summed E-state index contributed by atoms with van der Waals surface area (Å²) in [6.45, 7) is 3.37. The van der Waals surface area contributed by atoms with Crippen LogP contribution in [0.2, 0.25) is 0 Å². The highest BCUT2D eigenvalue weighted by molar-refractivity contribution is 7.09. The van der Waals surface area contributed by atoms with Gasteiger partial charge in [0.15, 0.2) is 0 Å². The fraction of sp³-hybridized carbons (Fsp3) is 0.750. The molecule has 3 rings (SSSR count). The molecular weight excluding hydrogens is 218 g/mol. The third-order valence-corrected chi connectivity index (χ3v) is 4.37. The molecular formula is C12H19N3S. The zero-order chi connectivity index (χ0) is 11.0. The smallest absolute Gasteiger partial charge is 0.107 e. The van der Waals surface area contributed by atoms with Crippen molar-refractivity contribution in [2.45, 2.75) is 37.8 Å². The number of nitrogens with one attached hydrogen (secondary N) is 1. The number of hydrogen-bond acceptors (Lipinski definition) is 4. The lowest BCUT2D eigenvalue weighted by atomic mass is 10.1. The van der Waals surface area contributed by atoms with Gasteiger partial charge in [-0.05, 0) is 32.9 Å². The minimum absolute atomic E-state index is 0.677. The molecule has 88 valence electrons. The van der Waals surface area contributed by atoms with Crippen LogP contribution in [0.5, 0.6) is 0 Å². The van der Waals surface area contributed by atoms with Crippen LogP contribution in [0, 0.1) is 0 Å². The molecule has 2 aliphatic rings. The van der Waals surface area contributed by atoms with Gasteiger partial charge in [-0.3, -0.25) is 0 Å². The molecule has 0 spiro atoms. The zero-order valence-electron chi connectivity index (χ0n) is 9.78. The van der Waals surface area contributed by atoms with Crippen LogP contribution in [0.15, 0.2) is 5.38 Å². The van der Waals surface area contributed by atoms with Gasteiger partial charge in [-0.15, -0.1) is 11.3 Å². The summed E-state index contributed by atoms with van der Waals surface area (Å²) >= 11 is 1.82. The number of likely N-dealkylation sites (tertiary alicyclic amines) is 1. The lowest BCUT2D eigenvalue weighted by molar-refractivity contribution is 0.411. The van der Waals surface area contributed by atoms with E-state index in [1.165, 1.54) is 43.1 Å². The van der Waals surface area contributed by atoms with Gasteiger partial charge in [0.1, 0.15) is 5.01 Å². The topological polar surface area (TPSA) is 28.2 Å². The highest BCUT2D eigenvalue weighted by atomic mass is 32.1. The van der Waals surface area contributed by atoms with E-state index in [1.807, 2.05) is 11.3 Å². The maximum absolute atomic E-state index is 4.76. The van der Waals surface area contributed by atoms with Crippen LogP contribution >= 0.6 is 11.3 Å². The Bertz CT molecular complexity index is 359. The zero-order valence-corrected chi connectivity index (χ0v) is 10.6. The van der Waals surface area contributed by atoms with Gasteiger partial charge in [0.05, 0.1) is 5.69 Å². The van der Waals surface area contributed by atoms with Crippen molar-refractivity contribution in [2.75, 3.05) is 20.1 Å². The van der Waals surface area contributed by atoms with Gasteiger partial charge < -0.3 is 10.2 Å². The fourth-order valence-corrected chi connectivity index (χ4v) is 3.12. The molecule has 0 radical (unpaired) electrons. The summed E-state index contributed by atoms with van der Waals surface area (Å²) in [7, 11) is 2.20. The molecule has 4 heteroatoms. The number of likely N-dealkylation sites (N-methyl/N-ethyl adjacent to an activating group) is 1. The summed E-state index contributed by atoms with van der Waals surface area (Å²) < 4.78 is 0. The number of rotatable bonds is 4. The molecule has 1 aromatic heterocycles. The molecule has 1 aromatic rings. The summed E-state index contributed by atoms with van der Waals surface area (Å²) in [5, 5.41) is 7.04. The standard InChI is InChI=1S/C12H19N3S/c1-15-5-4-9(7-15)11-8-16-12(14-11)6-13-10-2-3-10/h8-10,13H,2-7H2,1H3. The second-order valence-corrected chi connectivity index (χ2v) is 6.01. The van der Waals surface area contributed by atoms with Crippen LogP contribution in [-0.2, 0) is 6.54 Å². The number of thiazole rings is 1. The van der Waals surface area contributed by atoms with Crippen molar-refractivity contribution < 1.29 is 0 Å². The minimum Gasteiger partial charge on any atom is -0.308 e. The van der Waals surface area contributed by atoms with Crippen molar-refractivity contribution in [1.82, 2.24) is 15.2 Å². The van der Waals surface area contributed by atoms with Crippen molar-refractivity contribution in [3.63, 3.8) is 0 Å². The van der Waals surface area contributed by atoms with Crippen LogP contribution in [0.4, 0.5) is 0 Å². The lowest BCUT2D eigenvalue weighted by Crippen LogP contribution is -2.15. The maximum atomic E-state index is 4.76. The number of nitrogens with zero attached hydrogens (tertiary/aromatic N) is 2. The normalized spacial score (nSPS) is 26.4. The largest absolute Gasteiger partial charge is 0.308 e. The molecule has 1 saturated carbocycles. The third kappa shape index (κ3) is 2.44. The van der Waals surface area contributed by atoms with Crippen molar-refractivity contribution in [2.24, 2.45) is 0 Å². The molecule has 1 N–H and O–H groups in total. The first kappa shape index (κ1) is 10.7. The van der Waals surface area contributed by atoms with E-state index in [-0.39, 0.29) is 0 Å². The third-order valence-electron chi connectivity index (χ3n) is 3.50. The Kier molecular flexibility index (Phi) is 2.96. The fourth-order valence-electron chi connectivity index (χ4n) is 2.29. The Hall–Kier alpha value is -0.450. The van der Waals surface area contributed by atoms with E-state index in [1.54, 1.807) is 0 Å². The van der Waals surface area contributed by atoms with Gasteiger partial charge in [-0.2, -0.15) is 0 Å². The molecule has 0 amide bonds. The summed E-state index contributed by atoms with van der Waals surface area (Å²) in [6, 6.07) is 0.782. The molecule has 0 bridgehead atoms. The van der Waals surface area contributed by atoms with Crippen LogP contribution < -0.4 is 5.32 Å². The van der Waals surface area contributed by atoms with Crippen molar-refractivity contribution in [3.05, 3.63) is 16.1 Å². The quantitative estimate of drug-likeness (QED) is 0.865. The van der Waals surface area contributed by atoms with Gasteiger partial charge in [0.25, 0.3) is 0 Å². The predicted molar refractivity (Wildman–Crippen MR) is 66.8 cm³/mol. The van der Waals surface area contributed by atoms with E-state index in [2.05, 4.69) is 22.6 Å². The van der Waals surface area contributed by atoms with Crippen LogP contribution in [0.25, 0.3) is 0 Å². The van der Waals surface area contributed by atoms with Gasteiger partial charge >= 0.3 is 0 Å². The predicted octanol–water partition coefficient (Wildman–Crippen LogP) is 1.81. The summed E-state index contributed by atoms with van der Waals surface area (Å²) in [5.74, 6) is 0.677. The Morgan fingerprint density at radius 2 is 2.38 bits per heavy atom. The van der Waals surface area contributed by atoms with E-state index in [0.29, 0.717) is 5.92 Å². The van der Waals surface area contributed by atoms with Crippen molar-refractivity contribution in [1.29, 1.82) is 0 Å². The first-order valence-electron chi connectivity index (χ1n) is 6.17. The van der Waals surface area contributed by atoms with E-state index in [0.717, 1.165) is 12.6 Å². The Morgan fingerprint density at radius 1 is 1.50 bits per heavy atom. The SMILES string of the molecule is CN1CCC(c2csc(CNC3CC3)n2)C1. The van der Waals surface area contributed by atoms with Crippen LogP contribution in [0.1, 0.15) is 35.9 Å². The second-order valence-electron chi connectivity index (χ2n) is 5.07. The van der Waals surface area contributed by atoms with Gasteiger partial charge in [0, 0.05) is 30.4 Å². The highest BCUT2D eigenvalue weighted by Crippen LogP contribution is 2.27. The molecule has 1 saturated heterocycles. The molecule has 1 aliphatic heterocycles. The van der Waals surface area contributed by atoms with Crippen LogP contribution in [-0.4, -0.2) is 36.1 Å². The number of aromatic nitrogens is 1. The summed E-state index contributed by atoms with van der Waals surface area (Å²) in [6.07, 6.45) is 3.98. The van der Waals surface area contributed by atoms with Crippen molar-refractivity contribution in [3.8, 4) is 0 Å². The lowest BCUT2D eigenvalue weighted by Gasteiger charge is -2.07. The second kappa shape index (κ2) is 4.43. The van der Waals surface area contributed by atoms with Gasteiger partial charge in [0.2, 0.25) is 0 Å². The first-order valence-corrected chi connectivity index (χ1v) is 7.05. The number of hydrogen-bond donors (Lipinski definition) is 1. The highest BCUT2D eigenvalue weighted by Gasteiger charge is 2.24. The average Bonchev–Trinajstić information content (AvgIpc) is 2.81. The molecule has 3 nitrogen and oxygen atoms in total. The monoisotopic (exact) mass is 237 g/mol. The van der Waals surface area contributed by atoms with Gasteiger partial charge in [-0.1, -0.05) is 0 Å². The Labute approximate surface area is 101 Å². The van der Waals surface area contributed by atoms with E-state index in [9.17, 15) is 0 Å². The Morgan fingerprint density at radius 3 is 3.06 bits per heavy atom. The molecule has 1 aliphatic carbocycles. The molecule has 16 heavy (non-hydrogen) atoms.